The van der Waals surface area contributed by atoms with Crippen molar-refractivity contribution >= 4 is 20.1 Å². The van der Waals surface area contributed by atoms with E-state index in [1.54, 1.807) is 11.8 Å². The van der Waals surface area contributed by atoms with Gasteiger partial charge in [-0.15, -0.1) is 24.9 Å². The standard InChI is InChI=1S/C16H24OSSi/c1-6-8-16(17-19(4,5)13-7-2)14-9-11-15(18-3)12-10-14/h6-7,9-12,16H,1-2,8,13H2,3-5H3. The average Bonchev–Trinajstić information content (AvgIpc) is 2.38. The van der Waals surface area contributed by atoms with Gasteiger partial charge in [-0.1, -0.05) is 24.3 Å². The third-order valence-corrected chi connectivity index (χ3v) is 5.90. The predicted octanol–water partition coefficient (Wildman–Crippen LogP) is 5.43. The molecule has 0 amide bonds. The highest BCUT2D eigenvalue weighted by atomic mass is 32.2. The van der Waals surface area contributed by atoms with Crippen LogP contribution in [-0.2, 0) is 4.43 Å². The first kappa shape index (κ1) is 16.3. The van der Waals surface area contributed by atoms with Crippen molar-refractivity contribution in [1.82, 2.24) is 0 Å². The first-order chi connectivity index (χ1) is 9.02. The van der Waals surface area contributed by atoms with Crippen LogP contribution in [0.3, 0.4) is 0 Å². The molecule has 0 fully saturated rings. The molecule has 0 bridgehead atoms. The monoisotopic (exact) mass is 292 g/mol. The zero-order valence-electron chi connectivity index (χ0n) is 12.2. The van der Waals surface area contributed by atoms with Crippen molar-refractivity contribution in [2.75, 3.05) is 6.26 Å². The molecule has 104 valence electrons. The Morgan fingerprint density at radius 1 is 1.21 bits per heavy atom. The Morgan fingerprint density at radius 2 is 1.84 bits per heavy atom. The summed E-state index contributed by atoms with van der Waals surface area (Å²) < 4.78 is 6.37. The molecule has 0 aromatic heterocycles. The molecule has 1 aromatic rings. The van der Waals surface area contributed by atoms with Gasteiger partial charge in [0.25, 0.3) is 0 Å². The highest BCUT2D eigenvalue weighted by Crippen LogP contribution is 2.29. The highest BCUT2D eigenvalue weighted by Gasteiger charge is 2.25. The maximum atomic E-state index is 6.37. The zero-order chi connectivity index (χ0) is 14.3. The molecule has 0 saturated carbocycles. The summed E-state index contributed by atoms with van der Waals surface area (Å²) in [7, 11) is -1.68. The molecule has 3 heteroatoms. The van der Waals surface area contributed by atoms with Crippen molar-refractivity contribution in [3.63, 3.8) is 0 Å². The van der Waals surface area contributed by atoms with Gasteiger partial charge in [0.15, 0.2) is 8.32 Å². The molecule has 0 radical (unpaired) electrons. The molecule has 1 atom stereocenters. The largest absolute Gasteiger partial charge is 0.410 e. The summed E-state index contributed by atoms with van der Waals surface area (Å²) in [6.45, 7) is 12.1. The summed E-state index contributed by atoms with van der Waals surface area (Å²) in [5.74, 6) is 0. The quantitative estimate of drug-likeness (QED) is 0.359. The fourth-order valence-electron chi connectivity index (χ4n) is 2.00. The molecule has 0 heterocycles. The van der Waals surface area contributed by atoms with Gasteiger partial charge >= 0.3 is 0 Å². The Balaban J connectivity index is 2.86. The van der Waals surface area contributed by atoms with E-state index in [0.29, 0.717) is 0 Å². The van der Waals surface area contributed by atoms with Crippen LogP contribution in [0.4, 0.5) is 0 Å². The number of hydrogen-bond acceptors (Lipinski definition) is 2. The molecule has 0 aliphatic heterocycles. The smallest absolute Gasteiger partial charge is 0.191 e. The van der Waals surface area contributed by atoms with Crippen molar-refractivity contribution in [1.29, 1.82) is 0 Å². The van der Waals surface area contributed by atoms with E-state index in [4.69, 9.17) is 4.43 Å². The summed E-state index contributed by atoms with van der Waals surface area (Å²) in [5, 5.41) is 0. The van der Waals surface area contributed by atoms with Gasteiger partial charge in [0, 0.05) is 4.90 Å². The molecule has 0 N–H and O–H groups in total. The van der Waals surface area contributed by atoms with Gasteiger partial charge in [-0.2, -0.15) is 0 Å². The lowest BCUT2D eigenvalue weighted by molar-refractivity contribution is 0.199. The Kier molecular flexibility index (Phi) is 6.62. The predicted molar refractivity (Wildman–Crippen MR) is 89.3 cm³/mol. The van der Waals surface area contributed by atoms with Crippen LogP contribution in [-0.4, -0.2) is 14.6 Å². The van der Waals surface area contributed by atoms with Crippen LogP contribution in [0.1, 0.15) is 18.1 Å². The van der Waals surface area contributed by atoms with E-state index in [2.05, 4.69) is 56.8 Å². The molecule has 0 aliphatic carbocycles. The van der Waals surface area contributed by atoms with E-state index in [-0.39, 0.29) is 6.10 Å². The molecule has 0 spiro atoms. The van der Waals surface area contributed by atoms with Crippen LogP contribution in [0.2, 0.25) is 19.1 Å². The van der Waals surface area contributed by atoms with Crippen molar-refractivity contribution in [3.05, 3.63) is 55.1 Å². The van der Waals surface area contributed by atoms with Crippen LogP contribution in [0, 0.1) is 0 Å². The highest BCUT2D eigenvalue weighted by molar-refractivity contribution is 7.98. The third-order valence-electron chi connectivity index (χ3n) is 2.97. The third kappa shape index (κ3) is 5.39. The fourth-order valence-corrected chi connectivity index (χ4v) is 4.21. The molecule has 1 aromatic carbocycles. The minimum absolute atomic E-state index is 0.120. The van der Waals surface area contributed by atoms with Crippen molar-refractivity contribution in [3.8, 4) is 0 Å². The van der Waals surface area contributed by atoms with Gasteiger partial charge in [0.2, 0.25) is 0 Å². The van der Waals surface area contributed by atoms with Crippen molar-refractivity contribution < 1.29 is 4.43 Å². The van der Waals surface area contributed by atoms with Gasteiger partial charge in [0.05, 0.1) is 6.10 Å². The van der Waals surface area contributed by atoms with E-state index in [0.717, 1.165) is 12.5 Å². The Bertz CT molecular complexity index is 411. The second kappa shape index (κ2) is 7.73. The summed E-state index contributed by atoms with van der Waals surface area (Å²) in [6, 6.07) is 9.61. The number of rotatable bonds is 8. The number of benzene rings is 1. The summed E-state index contributed by atoms with van der Waals surface area (Å²) in [4.78, 5) is 1.28. The summed E-state index contributed by atoms with van der Waals surface area (Å²) >= 11 is 1.76. The average molecular weight is 293 g/mol. The molecule has 19 heavy (non-hydrogen) atoms. The SMILES string of the molecule is C=CCC(O[Si](C)(C)CC=C)c1ccc(SC)cc1. The van der Waals surface area contributed by atoms with E-state index >= 15 is 0 Å². The van der Waals surface area contributed by atoms with E-state index < -0.39 is 8.32 Å². The van der Waals surface area contributed by atoms with E-state index in [9.17, 15) is 0 Å². The normalized spacial score (nSPS) is 13.0. The Hall–Kier alpha value is -0.773. The van der Waals surface area contributed by atoms with Crippen LogP contribution >= 0.6 is 11.8 Å². The molecule has 1 nitrogen and oxygen atoms in total. The Labute approximate surface area is 122 Å². The van der Waals surface area contributed by atoms with Crippen molar-refractivity contribution in [2.24, 2.45) is 0 Å². The lowest BCUT2D eigenvalue weighted by Crippen LogP contribution is -2.31. The number of thioether (sulfide) groups is 1. The van der Waals surface area contributed by atoms with Gasteiger partial charge in [-0.05, 0) is 49.5 Å². The van der Waals surface area contributed by atoms with Crippen LogP contribution in [0.15, 0.2) is 54.5 Å². The fraction of sp³-hybridized carbons (Fsp3) is 0.375. The minimum atomic E-state index is -1.68. The zero-order valence-corrected chi connectivity index (χ0v) is 14.0. The molecule has 1 unspecified atom stereocenters. The topological polar surface area (TPSA) is 9.23 Å². The lowest BCUT2D eigenvalue weighted by Gasteiger charge is -2.28. The van der Waals surface area contributed by atoms with Crippen molar-refractivity contribution in [2.45, 2.75) is 36.6 Å². The van der Waals surface area contributed by atoms with Gasteiger partial charge < -0.3 is 4.43 Å². The molecular formula is C16H24OSSi. The van der Waals surface area contributed by atoms with Gasteiger partial charge in [-0.3, -0.25) is 0 Å². The summed E-state index contributed by atoms with van der Waals surface area (Å²) in [5.41, 5.74) is 1.24. The maximum Gasteiger partial charge on any atom is 0.191 e. The van der Waals surface area contributed by atoms with E-state index in [1.807, 2.05) is 12.2 Å². The number of hydrogen-bond donors (Lipinski definition) is 0. The minimum Gasteiger partial charge on any atom is -0.410 e. The van der Waals surface area contributed by atoms with Crippen LogP contribution in [0.5, 0.6) is 0 Å². The molecule has 0 saturated heterocycles. The Morgan fingerprint density at radius 3 is 2.32 bits per heavy atom. The van der Waals surface area contributed by atoms with E-state index in [1.165, 1.54) is 10.5 Å². The molecular weight excluding hydrogens is 268 g/mol. The van der Waals surface area contributed by atoms with Gasteiger partial charge in [-0.25, -0.2) is 0 Å². The number of allylic oxidation sites excluding steroid dienone is 1. The second-order valence-corrected chi connectivity index (χ2v) is 10.2. The van der Waals surface area contributed by atoms with Crippen LogP contribution < -0.4 is 0 Å². The van der Waals surface area contributed by atoms with Crippen LogP contribution in [0.25, 0.3) is 0 Å². The van der Waals surface area contributed by atoms with Gasteiger partial charge in [0.1, 0.15) is 0 Å². The first-order valence-corrected chi connectivity index (χ1v) is 10.9. The maximum absolute atomic E-state index is 6.37. The molecule has 0 aliphatic rings. The summed E-state index contributed by atoms with van der Waals surface area (Å²) in [6.07, 6.45) is 6.97. The lowest BCUT2D eigenvalue weighted by atomic mass is 10.1. The molecule has 1 rings (SSSR count). The second-order valence-electron chi connectivity index (χ2n) is 5.16. The first-order valence-electron chi connectivity index (χ1n) is 6.56.